The van der Waals surface area contributed by atoms with Gasteiger partial charge in [0, 0.05) is 36.5 Å². The van der Waals surface area contributed by atoms with Gasteiger partial charge in [-0.3, -0.25) is 19.9 Å². The van der Waals surface area contributed by atoms with Crippen LogP contribution in [0, 0.1) is 5.82 Å². The van der Waals surface area contributed by atoms with Crippen molar-refractivity contribution < 1.29 is 17.6 Å². The Hall–Kier alpha value is -5.08. The second-order valence-corrected chi connectivity index (χ2v) is 11.5. The molecule has 6 aromatic rings. The summed E-state index contributed by atoms with van der Waals surface area (Å²) in [6, 6.07) is 9.78. The van der Waals surface area contributed by atoms with E-state index < -0.39 is 15.8 Å². The van der Waals surface area contributed by atoms with E-state index in [4.69, 9.17) is 9.97 Å². The fourth-order valence-corrected chi connectivity index (χ4v) is 4.93. The summed E-state index contributed by atoms with van der Waals surface area (Å²) >= 11 is 0. The first-order valence-corrected chi connectivity index (χ1v) is 14.7. The summed E-state index contributed by atoms with van der Waals surface area (Å²) < 4.78 is 40.0. The number of pyridine rings is 3. The van der Waals surface area contributed by atoms with Crippen molar-refractivity contribution in [3.05, 3.63) is 72.6 Å². The fraction of sp³-hybridized carbons (Fsp3) is 0.143. The molecule has 0 spiro atoms. The molecule has 0 unspecified atom stereocenters. The number of benzene rings is 1. The van der Waals surface area contributed by atoms with Crippen molar-refractivity contribution in [1.29, 1.82) is 0 Å². The third kappa shape index (κ3) is 5.57. The molecule has 0 radical (unpaired) electrons. The smallest absolute Gasteiger partial charge is 0.224 e. The van der Waals surface area contributed by atoms with Crippen LogP contribution in [0.15, 0.2) is 61.2 Å². The standard InChI is InChI=1S/C28H24FN9O3S/c1-3-24(39)33-19-9-17(11-30-12-19)21-4-5-22-26(34-21)27(38-37-22)28-35-23-14-31-13-20(25(23)36-28)16-6-15(7-18(29)8-16)10-32-42(2,40)41/h4-9,11-14,32H,3,10H2,1-2H3,(H,33,39)(H,35,36)(H,37,38). The maximum absolute atomic E-state index is 14.5. The first-order valence-electron chi connectivity index (χ1n) is 12.9. The molecular weight excluding hydrogens is 561 g/mol. The minimum atomic E-state index is -3.45. The number of halogens is 1. The van der Waals surface area contributed by atoms with Gasteiger partial charge >= 0.3 is 0 Å². The lowest BCUT2D eigenvalue weighted by Gasteiger charge is -2.07. The highest BCUT2D eigenvalue weighted by Gasteiger charge is 2.18. The zero-order chi connectivity index (χ0) is 29.4. The summed E-state index contributed by atoms with van der Waals surface area (Å²) in [5, 5.41) is 10.2. The molecule has 0 aliphatic rings. The first kappa shape index (κ1) is 27.1. The molecule has 12 nitrogen and oxygen atoms in total. The van der Waals surface area contributed by atoms with Gasteiger partial charge in [0.25, 0.3) is 0 Å². The van der Waals surface area contributed by atoms with Gasteiger partial charge in [0.1, 0.15) is 11.3 Å². The molecule has 0 fully saturated rings. The minimum absolute atomic E-state index is 0.0600. The van der Waals surface area contributed by atoms with E-state index in [2.05, 4.69) is 35.2 Å². The number of sulfonamides is 1. The third-order valence-corrected chi connectivity index (χ3v) is 7.14. The molecule has 6 rings (SSSR count). The van der Waals surface area contributed by atoms with E-state index in [1.54, 1.807) is 43.8 Å². The molecular formula is C28H24FN9O3S. The average Bonchev–Trinajstić information content (AvgIpc) is 3.59. The largest absolute Gasteiger partial charge is 0.335 e. The number of fused-ring (bicyclic) bond motifs is 2. The Morgan fingerprint density at radius 3 is 2.60 bits per heavy atom. The second kappa shape index (κ2) is 10.7. The van der Waals surface area contributed by atoms with E-state index in [1.165, 1.54) is 12.1 Å². The van der Waals surface area contributed by atoms with Crippen LogP contribution in [0.3, 0.4) is 0 Å². The normalized spacial score (nSPS) is 11.8. The Morgan fingerprint density at radius 1 is 0.952 bits per heavy atom. The molecule has 0 aliphatic carbocycles. The van der Waals surface area contributed by atoms with Crippen molar-refractivity contribution in [1.82, 2.24) is 39.8 Å². The highest BCUT2D eigenvalue weighted by molar-refractivity contribution is 7.88. The van der Waals surface area contributed by atoms with Gasteiger partial charge in [0.15, 0.2) is 11.5 Å². The molecule has 1 amide bonds. The molecule has 0 aliphatic heterocycles. The minimum Gasteiger partial charge on any atom is -0.335 e. The molecule has 5 heterocycles. The Bertz CT molecular complexity index is 2090. The van der Waals surface area contributed by atoms with E-state index >= 15 is 0 Å². The van der Waals surface area contributed by atoms with Crippen LogP contribution in [-0.4, -0.2) is 55.7 Å². The van der Waals surface area contributed by atoms with Crippen molar-refractivity contribution in [2.45, 2.75) is 19.9 Å². The number of rotatable bonds is 8. The molecule has 4 N–H and O–H groups in total. The van der Waals surface area contributed by atoms with E-state index in [1.807, 2.05) is 12.1 Å². The predicted octanol–water partition coefficient (Wildman–Crippen LogP) is 4.16. The van der Waals surface area contributed by atoms with Crippen LogP contribution in [-0.2, 0) is 21.4 Å². The number of nitrogens with one attached hydrogen (secondary N) is 4. The van der Waals surface area contributed by atoms with Crippen LogP contribution in [0.2, 0.25) is 0 Å². The van der Waals surface area contributed by atoms with Crippen molar-refractivity contribution in [3.8, 4) is 33.9 Å². The number of aromatic amines is 2. The summed E-state index contributed by atoms with van der Waals surface area (Å²) in [5.41, 5.74) is 6.24. The molecule has 0 saturated carbocycles. The quantitative estimate of drug-likeness (QED) is 0.206. The van der Waals surface area contributed by atoms with E-state index in [-0.39, 0.29) is 12.5 Å². The number of aromatic nitrogens is 7. The van der Waals surface area contributed by atoms with Crippen molar-refractivity contribution in [2.24, 2.45) is 0 Å². The predicted molar refractivity (Wildman–Crippen MR) is 156 cm³/mol. The van der Waals surface area contributed by atoms with Gasteiger partial charge in [-0.05, 0) is 47.5 Å². The van der Waals surface area contributed by atoms with Crippen LogP contribution < -0.4 is 10.0 Å². The van der Waals surface area contributed by atoms with Gasteiger partial charge < -0.3 is 10.3 Å². The number of hydrogen-bond donors (Lipinski definition) is 4. The Morgan fingerprint density at radius 2 is 1.79 bits per heavy atom. The van der Waals surface area contributed by atoms with Gasteiger partial charge in [-0.1, -0.05) is 6.92 Å². The summed E-state index contributed by atoms with van der Waals surface area (Å²) in [7, 11) is -3.45. The SMILES string of the molecule is CCC(=O)Nc1cncc(-c2ccc3[nH]nc(-c4nc5c(-c6cc(F)cc(CNS(C)(=O)=O)c6)cncc5[nH]4)c3n2)c1. The molecule has 212 valence electrons. The summed E-state index contributed by atoms with van der Waals surface area (Å²) in [4.78, 5) is 33.2. The number of H-pyrrole nitrogens is 2. The Labute approximate surface area is 238 Å². The van der Waals surface area contributed by atoms with E-state index in [0.717, 1.165) is 6.26 Å². The summed E-state index contributed by atoms with van der Waals surface area (Å²) in [5.74, 6) is -0.214. The maximum Gasteiger partial charge on any atom is 0.224 e. The lowest BCUT2D eigenvalue weighted by Crippen LogP contribution is -2.21. The number of carbonyl (C=O) groups excluding carboxylic acids is 1. The molecule has 0 saturated heterocycles. The number of anilines is 1. The highest BCUT2D eigenvalue weighted by Crippen LogP contribution is 2.32. The van der Waals surface area contributed by atoms with Crippen molar-refractivity contribution in [3.63, 3.8) is 0 Å². The van der Waals surface area contributed by atoms with Gasteiger partial charge in [0.2, 0.25) is 15.9 Å². The second-order valence-electron chi connectivity index (χ2n) is 9.64. The monoisotopic (exact) mass is 585 g/mol. The molecule has 42 heavy (non-hydrogen) atoms. The zero-order valence-electron chi connectivity index (χ0n) is 22.4. The van der Waals surface area contributed by atoms with Gasteiger partial charge in [-0.25, -0.2) is 27.5 Å². The summed E-state index contributed by atoms with van der Waals surface area (Å²) in [6.07, 6.45) is 7.81. The van der Waals surface area contributed by atoms with Gasteiger partial charge in [-0.2, -0.15) is 5.10 Å². The molecule has 0 atom stereocenters. The number of hydrogen-bond acceptors (Lipinski definition) is 8. The Balaban J connectivity index is 1.39. The van der Waals surface area contributed by atoms with Crippen LogP contribution >= 0.6 is 0 Å². The van der Waals surface area contributed by atoms with Crippen LogP contribution in [0.1, 0.15) is 18.9 Å². The topological polar surface area (TPSA) is 171 Å². The number of imidazole rings is 1. The zero-order valence-corrected chi connectivity index (χ0v) is 23.3. The lowest BCUT2D eigenvalue weighted by atomic mass is 10.0. The van der Waals surface area contributed by atoms with E-state index in [0.29, 0.717) is 73.6 Å². The third-order valence-electron chi connectivity index (χ3n) is 6.47. The summed E-state index contributed by atoms with van der Waals surface area (Å²) in [6.45, 7) is 1.71. The van der Waals surface area contributed by atoms with Crippen molar-refractivity contribution in [2.75, 3.05) is 11.6 Å². The molecule has 0 bridgehead atoms. The molecule has 1 aromatic carbocycles. The number of nitrogens with zero attached hydrogens (tertiary/aromatic N) is 5. The molecule has 5 aromatic heterocycles. The molecule has 14 heteroatoms. The van der Waals surface area contributed by atoms with Crippen LogP contribution in [0.25, 0.3) is 56.0 Å². The van der Waals surface area contributed by atoms with Gasteiger partial charge in [-0.15, -0.1) is 0 Å². The number of amides is 1. The average molecular weight is 586 g/mol. The van der Waals surface area contributed by atoms with E-state index in [9.17, 15) is 17.6 Å². The van der Waals surface area contributed by atoms with Crippen molar-refractivity contribution >= 4 is 43.7 Å². The van der Waals surface area contributed by atoms with Gasteiger partial charge in [0.05, 0.1) is 46.6 Å². The maximum atomic E-state index is 14.5. The van der Waals surface area contributed by atoms with Crippen LogP contribution in [0.5, 0.6) is 0 Å². The first-order chi connectivity index (χ1) is 20.2. The number of carbonyl (C=O) groups is 1. The Kier molecular flexibility index (Phi) is 6.92. The highest BCUT2D eigenvalue weighted by atomic mass is 32.2. The van der Waals surface area contributed by atoms with Crippen LogP contribution in [0.4, 0.5) is 10.1 Å². The lowest BCUT2D eigenvalue weighted by molar-refractivity contribution is -0.115. The fourth-order valence-electron chi connectivity index (χ4n) is 4.50.